The minimum Gasteiger partial charge on any atom is -0.392 e. The summed E-state index contributed by atoms with van der Waals surface area (Å²) in [5.74, 6) is 0.0300. The van der Waals surface area contributed by atoms with E-state index in [2.05, 4.69) is 22.9 Å². The van der Waals surface area contributed by atoms with Crippen LogP contribution in [0.4, 0.5) is 0 Å². The molecule has 3 N–H and O–H groups in total. The van der Waals surface area contributed by atoms with Crippen molar-refractivity contribution in [2.45, 2.75) is 44.6 Å². The van der Waals surface area contributed by atoms with Crippen molar-refractivity contribution in [3.63, 3.8) is 0 Å². The maximum Gasteiger partial charge on any atom is 0.0621 e. The van der Waals surface area contributed by atoms with Gasteiger partial charge in [-0.15, -0.1) is 0 Å². The third-order valence-electron chi connectivity index (χ3n) is 3.13. The molecule has 0 fully saturated rings. The summed E-state index contributed by atoms with van der Waals surface area (Å²) in [6.07, 6.45) is 3.90. The maximum atomic E-state index is 10.2. The third kappa shape index (κ3) is 4.41. The zero-order valence-corrected chi connectivity index (χ0v) is 12.0. The third-order valence-corrected chi connectivity index (χ3v) is 3.85. The Morgan fingerprint density at radius 3 is 2.59 bits per heavy atom. The van der Waals surface area contributed by atoms with Gasteiger partial charge in [-0.1, -0.05) is 60.3 Å². The zero-order valence-electron chi connectivity index (χ0n) is 10.4. The topological polar surface area (TPSA) is 46.2 Å². The molecule has 0 aliphatic heterocycles. The van der Waals surface area contributed by atoms with Crippen molar-refractivity contribution in [2.24, 2.45) is 5.73 Å². The van der Waals surface area contributed by atoms with Crippen molar-refractivity contribution in [2.75, 3.05) is 6.54 Å². The average Bonchev–Trinajstić information content (AvgIpc) is 2.33. The Bertz CT molecular complexity index is 330. The molecule has 0 aromatic heterocycles. The Kier molecular flexibility index (Phi) is 6.78. The molecule has 2 unspecified atom stereocenters. The van der Waals surface area contributed by atoms with Gasteiger partial charge in [0.1, 0.15) is 0 Å². The van der Waals surface area contributed by atoms with E-state index in [1.54, 1.807) is 0 Å². The van der Waals surface area contributed by atoms with Gasteiger partial charge in [-0.3, -0.25) is 0 Å². The Hall–Kier alpha value is -0.380. The van der Waals surface area contributed by atoms with E-state index in [1.807, 2.05) is 24.3 Å². The summed E-state index contributed by atoms with van der Waals surface area (Å²) in [6.45, 7) is 2.65. The van der Waals surface area contributed by atoms with E-state index in [0.29, 0.717) is 6.54 Å². The van der Waals surface area contributed by atoms with Crippen molar-refractivity contribution >= 4 is 15.9 Å². The van der Waals surface area contributed by atoms with Crippen LogP contribution in [0.2, 0.25) is 0 Å². The molecule has 1 aromatic carbocycles. The molecule has 3 heteroatoms. The summed E-state index contributed by atoms with van der Waals surface area (Å²) in [5.41, 5.74) is 6.91. The normalized spacial score (nSPS) is 14.6. The first kappa shape index (κ1) is 14.7. The van der Waals surface area contributed by atoms with Crippen LogP contribution in [0, 0.1) is 0 Å². The fourth-order valence-electron chi connectivity index (χ4n) is 2.07. The van der Waals surface area contributed by atoms with Gasteiger partial charge in [-0.2, -0.15) is 0 Å². The van der Waals surface area contributed by atoms with Gasteiger partial charge in [0.15, 0.2) is 0 Å². The summed E-state index contributed by atoms with van der Waals surface area (Å²) < 4.78 is 1.03. The predicted octanol–water partition coefficient (Wildman–Crippen LogP) is 3.43. The molecule has 1 rings (SSSR count). The maximum absolute atomic E-state index is 10.2. The van der Waals surface area contributed by atoms with Crippen LogP contribution in [-0.2, 0) is 0 Å². The lowest BCUT2D eigenvalue weighted by atomic mass is 9.90. The summed E-state index contributed by atoms with van der Waals surface area (Å²) in [4.78, 5) is 0. The van der Waals surface area contributed by atoms with Gasteiger partial charge in [0.05, 0.1) is 6.10 Å². The minimum atomic E-state index is -0.342. The van der Waals surface area contributed by atoms with Crippen LogP contribution >= 0.6 is 15.9 Å². The quantitative estimate of drug-likeness (QED) is 0.758. The van der Waals surface area contributed by atoms with Crippen LogP contribution < -0.4 is 5.73 Å². The number of aliphatic hydroxyl groups is 1. The molecule has 0 radical (unpaired) electrons. The fourth-order valence-corrected chi connectivity index (χ4v) is 2.65. The Balaban J connectivity index is 2.67. The van der Waals surface area contributed by atoms with Crippen molar-refractivity contribution < 1.29 is 5.11 Å². The van der Waals surface area contributed by atoms with Crippen LogP contribution in [-0.4, -0.2) is 17.8 Å². The number of unbranched alkanes of at least 4 members (excludes halogenated alkanes) is 2. The number of nitrogens with two attached hydrogens (primary N) is 1. The van der Waals surface area contributed by atoms with E-state index >= 15 is 0 Å². The first-order valence-electron chi connectivity index (χ1n) is 6.33. The Morgan fingerprint density at radius 1 is 1.29 bits per heavy atom. The molecule has 0 saturated carbocycles. The van der Waals surface area contributed by atoms with Gasteiger partial charge in [0.2, 0.25) is 0 Å². The highest BCUT2D eigenvalue weighted by atomic mass is 79.9. The molecule has 0 spiro atoms. The Labute approximate surface area is 112 Å². The second-order valence-corrected chi connectivity index (χ2v) is 5.28. The van der Waals surface area contributed by atoms with Gasteiger partial charge in [0, 0.05) is 16.9 Å². The molecule has 0 heterocycles. The SMILES string of the molecule is CCCCCC(O)C(CN)c1ccccc1Br. The van der Waals surface area contributed by atoms with Gasteiger partial charge < -0.3 is 10.8 Å². The monoisotopic (exact) mass is 299 g/mol. The van der Waals surface area contributed by atoms with Crippen LogP contribution in [0.15, 0.2) is 28.7 Å². The summed E-state index contributed by atoms with van der Waals surface area (Å²) in [7, 11) is 0. The summed E-state index contributed by atoms with van der Waals surface area (Å²) in [6, 6.07) is 7.99. The molecule has 0 amide bonds. The lowest BCUT2D eigenvalue weighted by Gasteiger charge is -2.23. The largest absolute Gasteiger partial charge is 0.392 e. The molecule has 2 nitrogen and oxygen atoms in total. The van der Waals surface area contributed by atoms with Gasteiger partial charge in [0.25, 0.3) is 0 Å². The second-order valence-electron chi connectivity index (χ2n) is 4.43. The molecule has 0 bridgehead atoms. The van der Waals surface area contributed by atoms with Crippen molar-refractivity contribution in [3.8, 4) is 0 Å². The molecule has 0 aliphatic carbocycles. The smallest absolute Gasteiger partial charge is 0.0621 e. The molecule has 96 valence electrons. The lowest BCUT2D eigenvalue weighted by molar-refractivity contribution is 0.132. The van der Waals surface area contributed by atoms with Gasteiger partial charge in [-0.25, -0.2) is 0 Å². The molecular weight excluding hydrogens is 278 g/mol. The molecule has 2 atom stereocenters. The molecular formula is C14H22BrNO. The molecule has 1 aromatic rings. The van der Waals surface area contributed by atoms with E-state index in [1.165, 1.54) is 12.8 Å². The predicted molar refractivity (Wildman–Crippen MR) is 76.1 cm³/mol. The van der Waals surface area contributed by atoms with E-state index in [4.69, 9.17) is 5.73 Å². The summed E-state index contributed by atoms with van der Waals surface area (Å²) >= 11 is 3.52. The number of hydrogen-bond acceptors (Lipinski definition) is 2. The number of aliphatic hydroxyl groups excluding tert-OH is 1. The van der Waals surface area contributed by atoms with Gasteiger partial charge in [-0.05, 0) is 18.1 Å². The molecule has 0 saturated heterocycles. The van der Waals surface area contributed by atoms with Crippen LogP contribution in [0.25, 0.3) is 0 Å². The first-order valence-corrected chi connectivity index (χ1v) is 7.12. The van der Waals surface area contributed by atoms with E-state index in [9.17, 15) is 5.11 Å². The highest BCUT2D eigenvalue weighted by Crippen LogP contribution is 2.28. The summed E-state index contributed by atoms with van der Waals surface area (Å²) in [5, 5.41) is 10.2. The van der Waals surface area contributed by atoms with E-state index in [0.717, 1.165) is 22.9 Å². The highest BCUT2D eigenvalue weighted by molar-refractivity contribution is 9.10. The average molecular weight is 300 g/mol. The van der Waals surface area contributed by atoms with Crippen LogP contribution in [0.3, 0.4) is 0 Å². The highest BCUT2D eigenvalue weighted by Gasteiger charge is 2.20. The fraction of sp³-hybridized carbons (Fsp3) is 0.571. The molecule has 0 aliphatic rings. The standard InChI is InChI=1S/C14H22BrNO/c1-2-3-4-9-14(17)12(10-16)11-7-5-6-8-13(11)15/h5-8,12,14,17H,2-4,9-10,16H2,1H3. The lowest BCUT2D eigenvalue weighted by Crippen LogP contribution is -2.26. The number of halogens is 1. The number of benzene rings is 1. The zero-order chi connectivity index (χ0) is 12.7. The molecule has 17 heavy (non-hydrogen) atoms. The minimum absolute atomic E-state index is 0.0300. The number of rotatable bonds is 7. The van der Waals surface area contributed by atoms with E-state index < -0.39 is 0 Å². The van der Waals surface area contributed by atoms with Crippen molar-refractivity contribution in [3.05, 3.63) is 34.3 Å². The van der Waals surface area contributed by atoms with Crippen molar-refractivity contribution in [1.82, 2.24) is 0 Å². The van der Waals surface area contributed by atoms with Crippen molar-refractivity contribution in [1.29, 1.82) is 0 Å². The van der Waals surface area contributed by atoms with E-state index in [-0.39, 0.29) is 12.0 Å². The van der Waals surface area contributed by atoms with Gasteiger partial charge >= 0.3 is 0 Å². The first-order chi connectivity index (χ1) is 8.20. The van der Waals surface area contributed by atoms with Crippen LogP contribution in [0.1, 0.15) is 44.1 Å². The second kappa shape index (κ2) is 7.85. The van der Waals surface area contributed by atoms with Crippen LogP contribution in [0.5, 0.6) is 0 Å². The Morgan fingerprint density at radius 2 is 2.00 bits per heavy atom. The number of hydrogen-bond donors (Lipinski definition) is 2.